The molecular weight excluding hydrogens is 512 g/mol. The number of fused-ring (bicyclic) bond motifs is 8. The zero-order valence-corrected chi connectivity index (χ0v) is 20.9. The van der Waals surface area contributed by atoms with Gasteiger partial charge in [0.15, 0.2) is 0 Å². The van der Waals surface area contributed by atoms with Crippen molar-refractivity contribution in [2.45, 2.75) is 0 Å². The van der Waals surface area contributed by atoms with E-state index in [-0.39, 0.29) is 0 Å². The van der Waals surface area contributed by atoms with E-state index in [1.165, 1.54) is 0 Å². The molecule has 0 radical (unpaired) electrons. The molecule has 8 N–H and O–H groups in total. The lowest BCUT2D eigenvalue weighted by molar-refractivity contribution is 0.261. The van der Waals surface area contributed by atoms with Crippen LogP contribution in [0.1, 0.15) is 0 Å². The normalized spacial score (nSPS) is 13.8. The van der Waals surface area contributed by atoms with Crippen molar-refractivity contribution in [3.8, 4) is 0 Å². The van der Waals surface area contributed by atoms with Crippen molar-refractivity contribution in [2.75, 3.05) is 42.5 Å². The van der Waals surface area contributed by atoms with Gasteiger partial charge in [0.05, 0.1) is 0 Å². The predicted octanol–water partition coefficient (Wildman–Crippen LogP) is 6.58. The average molecular weight is 537 g/mol. The minimum Gasteiger partial charge on any atom is -0.308 e. The van der Waals surface area contributed by atoms with Gasteiger partial charge in [0, 0.05) is 45.5 Å². The summed E-state index contributed by atoms with van der Waals surface area (Å²) in [5.41, 5.74) is 3.54. The number of carbonyl (C=O) groups excluding carboxylic acids is 4. The molecule has 1 aliphatic rings. The van der Waals surface area contributed by atoms with Crippen LogP contribution in [0.4, 0.5) is 64.7 Å². The Morgan fingerprint density at radius 2 is 0.425 bits per heavy atom. The maximum atomic E-state index is 12.6. The first kappa shape index (κ1) is 25.6. The summed E-state index contributed by atoms with van der Waals surface area (Å²) in [6.45, 7) is 0. The summed E-state index contributed by atoms with van der Waals surface area (Å²) < 4.78 is 0. The van der Waals surface area contributed by atoms with E-state index in [0.29, 0.717) is 45.5 Å². The number of hydrogen-bond donors (Lipinski definition) is 8. The van der Waals surface area contributed by atoms with Crippen LogP contribution in [0.25, 0.3) is 0 Å². The summed E-state index contributed by atoms with van der Waals surface area (Å²) in [5, 5.41) is 21.7. The minimum atomic E-state index is -0.513. The molecule has 5 rings (SSSR count). The summed E-state index contributed by atoms with van der Waals surface area (Å²) in [6, 6.07) is 24.4. The van der Waals surface area contributed by atoms with Gasteiger partial charge in [-0.2, -0.15) is 0 Å². The van der Waals surface area contributed by atoms with Crippen molar-refractivity contribution in [1.29, 1.82) is 0 Å². The van der Waals surface area contributed by atoms with Gasteiger partial charge in [0.25, 0.3) is 0 Å². The summed E-state index contributed by atoms with van der Waals surface area (Å²) in [4.78, 5) is 50.4. The van der Waals surface area contributed by atoms with Gasteiger partial charge in [-0.15, -0.1) is 0 Å². The van der Waals surface area contributed by atoms with Crippen LogP contribution in [0.5, 0.6) is 0 Å². The lowest BCUT2D eigenvalue weighted by atomic mass is 10.2. The maximum Gasteiger partial charge on any atom is 0.323 e. The zero-order chi connectivity index (χ0) is 27.9. The molecule has 0 atom stereocenters. The molecule has 0 saturated heterocycles. The van der Waals surface area contributed by atoms with Gasteiger partial charge in [0.1, 0.15) is 0 Å². The minimum absolute atomic E-state index is 0.442. The van der Waals surface area contributed by atoms with Gasteiger partial charge in [-0.3, -0.25) is 0 Å². The Bertz CT molecular complexity index is 1280. The zero-order valence-electron chi connectivity index (χ0n) is 20.9. The number of anilines is 8. The molecule has 1 aliphatic heterocycles. The molecule has 4 aromatic rings. The third-order valence-corrected chi connectivity index (χ3v) is 5.51. The van der Waals surface area contributed by atoms with Crippen LogP contribution in [-0.2, 0) is 0 Å². The molecule has 0 unspecified atom stereocenters. The highest BCUT2D eigenvalue weighted by atomic mass is 16.2. The molecule has 0 spiro atoms. The lowest BCUT2D eigenvalue weighted by Crippen LogP contribution is -2.22. The highest BCUT2D eigenvalue weighted by Crippen LogP contribution is 2.21. The molecule has 12 heteroatoms. The standard InChI is InChI=1S/C28H24N8O4/c37-25-29-17-5-1-6-18(13-17)30-26(38)32-20-8-3-10-22(15-20)34-28(40)36-24-12-4-11-23(16-24)35-27(39)33-21-9-2-7-19(14-21)31-25/h1-16H,(H2,29,31,37)(H2,30,32,38)(H2,33,35,39)(H2,34,36,40). The Balaban J connectivity index is 1.40. The number of hydrogen-bond acceptors (Lipinski definition) is 4. The topological polar surface area (TPSA) is 165 Å². The van der Waals surface area contributed by atoms with Crippen LogP contribution in [-0.4, -0.2) is 24.1 Å². The van der Waals surface area contributed by atoms with E-state index in [4.69, 9.17) is 0 Å². The molecule has 0 saturated carbocycles. The molecule has 40 heavy (non-hydrogen) atoms. The van der Waals surface area contributed by atoms with Crippen molar-refractivity contribution in [2.24, 2.45) is 0 Å². The van der Waals surface area contributed by atoms with Crippen molar-refractivity contribution >= 4 is 69.6 Å². The summed E-state index contributed by atoms with van der Waals surface area (Å²) >= 11 is 0. The first-order chi connectivity index (χ1) is 19.4. The summed E-state index contributed by atoms with van der Waals surface area (Å²) in [5.74, 6) is 0. The molecule has 200 valence electrons. The highest BCUT2D eigenvalue weighted by Gasteiger charge is 2.10. The van der Waals surface area contributed by atoms with Gasteiger partial charge in [-0.1, -0.05) is 24.3 Å². The monoisotopic (exact) mass is 536 g/mol. The number of benzene rings is 4. The second-order valence-electron chi connectivity index (χ2n) is 8.64. The van der Waals surface area contributed by atoms with Gasteiger partial charge >= 0.3 is 24.1 Å². The van der Waals surface area contributed by atoms with Crippen LogP contribution >= 0.6 is 0 Å². The third kappa shape index (κ3) is 7.04. The van der Waals surface area contributed by atoms with Crippen molar-refractivity contribution < 1.29 is 19.2 Å². The Morgan fingerprint density at radius 1 is 0.275 bits per heavy atom. The van der Waals surface area contributed by atoms with Gasteiger partial charge < -0.3 is 42.5 Å². The fraction of sp³-hybridized carbons (Fsp3) is 0. The first-order valence-corrected chi connectivity index (χ1v) is 12.1. The number of carbonyl (C=O) groups is 4. The van der Waals surface area contributed by atoms with Crippen LogP contribution in [0.15, 0.2) is 97.1 Å². The van der Waals surface area contributed by atoms with Crippen LogP contribution in [0.3, 0.4) is 0 Å². The van der Waals surface area contributed by atoms with E-state index in [9.17, 15) is 19.2 Å². The van der Waals surface area contributed by atoms with Crippen LogP contribution in [0, 0.1) is 0 Å². The van der Waals surface area contributed by atoms with Crippen molar-refractivity contribution in [3.63, 3.8) is 0 Å². The molecular formula is C28H24N8O4. The van der Waals surface area contributed by atoms with E-state index in [0.717, 1.165) is 0 Å². The Kier molecular flexibility index (Phi) is 7.40. The molecule has 0 aromatic heterocycles. The first-order valence-electron chi connectivity index (χ1n) is 12.1. The molecule has 8 amide bonds. The van der Waals surface area contributed by atoms with E-state index < -0.39 is 24.1 Å². The lowest BCUT2D eigenvalue weighted by Gasteiger charge is -2.13. The quantitative estimate of drug-likeness (QED) is 0.127. The predicted molar refractivity (Wildman–Crippen MR) is 156 cm³/mol. The number of nitrogens with one attached hydrogen (secondary N) is 8. The van der Waals surface area contributed by atoms with Crippen LogP contribution in [0.2, 0.25) is 0 Å². The largest absolute Gasteiger partial charge is 0.323 e. The SMILES string of the molecule is O=C1Nc2cccc(c2)NC(=O)Nc2cccc(c2)NC(=O)Nc2cccc(c2)NC(=O)Nc2cccc(c2)N1. The molecule has 0 fully saturated rings. The Labute approximate surface area is 228 Å². The maximum absolute atomic E-state index is 12.6. The third-order valence-electron chi connectivity index (χ3n) is 5.51. The van der Waals surface area contributed by atoms with E-state index >= 15 is 0 Å². The number of urea groups is 4. The Morgan fingerprint density at radius 3 is 0.575 bits per heavy atom. The second-order valence-corrected chi connectivity index (χ2v) is 8.64. The van der Waals surface area contributed by atoms with Crippen molar-refractivity contribution in [1.82, 2.24) is 0 Å². The van der Waals surface area contributed by atoms with E-state index in [2.05, 4.69) is 42.5 Å². The van der Waals surface area contributed by atoms with Gasteiger partial charge in [-0.25, -0.2) is 19.2 Å². The number of rotatable bonds is 0. The number of amides is 8. The molecule has 0 aliphatic carbocycles. The average Bonchev–Trinajstić information content (AvgIpc) is 2.88. The second kappa shape index (κ2) is 11.6. The smallest absolute Gasteiger partial charge is 0.308 e. The fourth-order valence-corrected chi connectivity index (χ4v) is 3.87. The van der Waals surface area contributed by atoms with Crippen molar-refractivity contribution in [3.05, 3.63) is 97.1 Å². The molecule has 12 nitrogen and oxygen atoms in total. The van der Waals surface area contributed by atoms with E-state index in [1.807, 2.05) is 0 Å². The molecule has 1 heterocycles. The van der Waals surface area contributed by atoms with Gasteiger partial charge in [-0.05, 0) is 72.8 Å². The Hall–Kier alpha value is -6.04. The summed E-state index contributed by atoms with van der Waals surface area (Å²) in [6.07, 6.45) is 0. The molecule has 4 aromatic carbocycles. The van der Waals surface area contributed by atoms with Crippen LogP contribution < -0.4 is 42.5 Å². The fourth-order valence-electron chi connectivity index (χ4n) is 3.87. The summed E-state index contributed by atoms with van der Waals surface area (Å²) in [7, 11) is 0. The van der Waals surface area contributed by atoms with E-state index in [1.54, 1.807) is 97.1 Å². The van der Waals surface area contributed by atoms with Gasteiger partial charge in [0.2, 0.25) is 0 Å². The molecule has 8 bridgehead atoms. The highest BCUT2D eigenvalue weighted by molar-refractivity contribution is 6.05.